The molecule has 0 atom stereocenters. The molecule has 5 heteroatoms. The van der Waals surface area contributed by atoms with Crippen molar-refractivity contribution >= 4 is 0 Å². The summed E-state index contributed by atoms with van der Waals surface area (Å²) in [6.45, 7) is -17.3. The van der Waals surface area contributed by atoms with Gasteiger partial charge >= 0.3 is 0 Å². The molecule has 0 bridgehead atoms. The number of benzene rings is 5. The molecule has 0 radical (unpaired) electrons. The Bertz CT molecular complexity index is 5860. The molecule has 79 heavy (non-hydrogen) atoms. The highest BCUT2D eigenvalue weighted by Crippen LogP contribution is 2.27. The normalized spacial score (nSPS) is 21.6. The van der Waals surface area contributed by atoms with Gasteiger partial charge < -0.3 is 0 Å². The maximum atomic E-state index is 8.42. The van der Waals surface area contributed by atoms with Crippen molar-refractivity contribution in [3.05, 3.63) is 266 Å². The quantitative estimate of drug-likeness (QED) is 0.153. The van der Waals surface area contributed by atoms with E-state index < -0.39 is 234 Å². The van der Waals surface area contributed by atoms with E-state index in [1.165, 1.54) is 86.3 Å². The van der Waals surface area contributed by atoms with E-state index in [1.807, 2.05) is 0 Å². The van der Waals surface area contributed by atoms with Crippen LogP contribution in [0.1, 0.15) is 151 Å². The van der Waals surface area contributed by atoms with Crippen LogP contribution in [0.3, 0.4) is 0 Å². The van der Waals surface area contributed by atoms with Crippen molar-refractivity contribution in [1.82, 2.24) is 0 Å². The maximum Gasteiger partial charge on any atom is 0.215 e. The van der Waals surface area contributed by atoms with Crippen LogP contribution in [0.4, 0.5) is 0 Å². The number of hydrogen-bond donors (Lipinski definition) is 0. The highest BCUT2D eigenvalue weighted by atomic mass is 14.9. The van der Waals surface area contributed by atoms with Crippen LogP contribution in [-0.2, 0) is 35.2 Å². The highest BCUT2D eigenvalue weighted by molar-refractivity contribution is 5.66. The Balaban J connectivity index is 0.000000254. The zero-order valence-electron chi connectivity index (χ0n) is 97.6. The molecule has 0 aliphatic carbocycles. The monoisotopic (exact) mass is 1100 g/mol. The average molecular weight is 1100 g/mol. The van der Waals surface area contributed by atoms with Gasteiger partial charge in [-0.25, -0.2) is 22.8 Å². The lowest BCUT2D eigenvalue weighted by molar-refractivity contribution is -0.660. The van der Waals surface area contributed by atoms with Gasteiger partial charge in [-0.1, -0.05) is 89.2 Å². The molecule has 404 valence electrons. The maximum absolute atomic E-state index is 8.42. The van der Waals surface area contributed by atoms with Crippen LogP contribution in [0, 0.1) is 96.3 Å². The zero-order chi connectivity index (χ0) is 103. The van der Waals surface area contributed by atoms with Crippen molar-refractivity contribution < 1.29 is 95.5 Å². The van der Waals surface area contributed by atoms with Crippen LogP contribution in [0.5, 0.6) is 0 Å². The van der Waals surface area contributed by atoms with Gasteiger partial charge in [-0.2, -0.15) is 0 Å². The van der Waals surface area contributed by atoms with Gasteiger partial charge in [0, 0.05) is 123 Å². The molecular formula is C74H88N5+5. The first-order chi connectivity index (χ1) is 59.3. The number of nitrogens with zero attached hydrogens (tertiary/aromatic N) is 5. The molecule has 0 aliphatic rings. The third-order valence-electron chi connectivity index (χ3n) is 11.3. The lowest BCUT2D eigenvalue weighted by atomic mass is 9.97. The predicted octanol–water partition coefficient (Wildman–Crippen LogP) is 15.2. The first-order valence-corrected chi connectivity index (χ1v) is 23.4. The fourth-order valence-electron chi connectivity index (χ4n) is 7.32. The van der Waals surface area contributed by atoms with Crippen molar-refractivity contribution in [3.8, 4) is 56.3 Å². The Morgan fingerprint density at radius 2 is 0.810 bits per heavy atom. The summed E-state index contributed by atoms with van der Waals surface area (Å²) < 4.78 is 420. The highest BCUT2D eigenvalue weighted by Gasteiger charge is 2.18. The number of hydrogen-bond acceptors (Lipinski definition) is 0. The van der Waals surface area contributed by atoms with Crippen LogP contribution in [-0.4, -0.2) is 0 Å². The van der Waals surface area contributed by atoms with Gasteiger partial charge in [0.1, 0.15) is 40.7 Å². The molecule has 0 saturated carbocycles. The Morgan fingerprint density at radius 1 is 0.316 bits per heavy atom. The second-order valence-corrected chi connectivity index (χ2v) is 17.2. The molecule has 5 aromatic carbocycles. The third kappa shape index (κ3) is 15.8. The molecule has 0 unspecified atom stereocenters. The lowest BCUT2D eigenvalue weighted by Gasteiger charge is -2.09. The predicted molar refractivity (Wildman–Crippen MR) is 332 cm³/mol. The molecule has 10 rings (SSSR count). The summed E-state index contributed by atoms with van der Waals surface area (Å²) >= 11 is 0. The number of aryl methyl sites for hydroxylation is 4. The smallest absolute Gasteiger partial charge is 0.201 e. The Labute approximate surface area is 550 Å². The van der Waals surface area contributed by atoms with E-state index in [4.69, 9.17) is 72.7 Å². The van der Waals surface area contributed by atoms with Crippen LogP contribution in [0.2, 0.25) is 0 Å². The van der Waals surface area contributed by atoms with E-state index in [9.17, 15) is 0 Å². The molecule has 5 heterocycles. The molecule has 5 aromatic heterocycles. The molecule has 0 spiro atoms. The minimum atomic E-state index is -3.02. The summed E-state index contributed by atoms with van der Waals surface area (Å²) in [7, 11) is 6.90. The summed E-state index contributed by atoms with van der Waals surface area (Å²) in [5.41, 5.74) is -3.61. The second kappa shape index (κ2) is 27.4. The van der Waals surface area contributed by atoms with Crippen molar-refractivity contribution in [1.29, 1.82) is 0 Å². The van der Waals surface area contributed by atoms with Crippen LogP contribution in [0.25, 0.3) is 56.3 Å². The molecule has 5 nitrogen and oxygen atoms in total. The third-order valence-corrected chi connectivity index (χ3v) is 11.3. The van der Waals surface area contributed by atoms with Crippen molar-refractivity contribution in [2.24, 2.45) is 35.2 Å². The molecule has 0 N–H and O–H groups in total. The molecule has 0 saturated heterocycles. The van der Waals surface area contributed by atoms with Crippen molar-refractivity contribution in [2.45, 2.75) is 96.3 Å². The summed E-state index contributed by atoms with van der Waals surface area (Å²) in [5, 5.41) is 0. The van der Waals surface area contributed by atoms with E-state index in [1.54, 1.807) is 18.5 Å². The van der Waals surface area contributed by atoms with Crippen molar-refractivity contribution in [3.63, 3.8) is 0 Å². The minimum absolute atomic E-state index is 0.00309. The SMILES string of the molecule is [2H]C([2H])([2H])c1ccc(-c2c(C([2H])([2H])[2H])c(C([2H])([2H])[2H])cc[n+]2C)c(C)c1.[2H]c1c([2H])c(C([2H])([2H])[2H])c([2H])c(C)c1-c1c([2H])c([2H])c(C([2H])([2H])[2H])c([2H])[n+]1C.[2H]c1c([2H])c([2H])[n+](C)c(-c2c([2H])c([2H])c(C([2H])([2H])[2H])c([2H])c2C)c1[2H].[2H]c1c([2H])c([2H])c(-c2c([2H])c(C([2H])([2H])[2H])c(C([2H])([2H])[2H])c([2H])[n+]2C)c(C)c1[2H].[2H]c1c([2H])c([2H])c(-c2c([2H])c([2H])c(C([2H])([2H])[2H])c([2H])[n+]2C)c(C)c1[2H]. The Kier molecular flexibility index (Phi) is 7.23. The van der Waals surface area contributed by atoms with E-state index >= 15 is 0 Å². The molecule has 0 amide bonds. The number of pyridine rings is 5. The number of aromatic nitrogens is 5. The van der Waals surface area contributed by atoms with Gasteiger partial charge in [0.15, 0.2) is 30.9 Å². The Hall–Kier alpha value is -8.15. The first-order valence-electron chi connectivity index (χ1n) is 49.9. The molecule has 0 fully saturated rings. The van der Waals surface area contributed by atoms with Gasteiger partial charge in [-0.15, -0.1) is 0 Å². The van der Waals surface area contributed by atoms with E-state index in [0.717, 1.165) is 18.3 Å². The summed E-state index contributed by atoms with van der Waals surface area (Å²) in [6.07, 6.45) is -0.573. The minimum Gasteiger partial charge on any atom is -0.201 e. The zero-order valence-corrected chi connectivity index (χ0v) is 44.6. The van der Waals surface area contributed by atoms with Crippen LogP contribution < -0.4 is 22.8 Å². The van der Waals surface area contributed by atoms with Gasteiger partial charge in [-0.05, 0) is 184 Å². The van der Waals surface area contributed by atoms with Crippen LogP contribution in [0.15, 0.2) is 188 Å². The van der Waals surface area contributed by atoms with E-state index in [2.05, 4.69) is 0 Å². The molecule has 10 aromatic rings. The number of rotatable bonds is 5. The van der Waals surface area contributed by atoms with E-state index in [-0.39, 0.29) is 108 Å². The standard InChI is InChI=1S/C16H20N.2C15H18N.2C14H16N/c1-11-6-7-15(13(3)10-11)16-14(4)12(2)8-9-17(16)5;1-11-5-7-14(13(3)9-11)15-8-6-12(2)10-16(15)4;1-11-7-5-6-8-14(11)15-9-12(2)13(3)10-16(15)4;1-11-7-8-13(12(2)10-11)14-6-4-5-9-15(14)3;1-11-8-9-14(15(3)10-11)13-7-5-4-6-12(13)2/h6-10H,1-5H3;2*5-10H,1-4H3;2*4-10H,1-3H3/q5*+1/i1D3,2D3,4D3;1D3,2D3,5D,6D,7D,8D,9D,10D;2D3,3D3,5D,6D,7D,8D,9D,10D;2*1D3,4D,5D,6D,7D,8D,9D,10D. The van der Waals surface area contributed by atoms with E-state index in [0.29, 0.717) is 11.1 Å². The Morgan fingerprint density at radius 3 is 1.34 bits per heavy atom. The molecular weight excluding hydrogens is 959 g/mol. The van der Waals surface area contributed by atoms with Gasteiger partial charge in [0.2, 0.25) is 28.5 Å². The molecule has 0 aliphatic heterocycles. The lowest BCUT2D eigenvalue weighted by Crippen LogP contribution is -2.32. The van der Waals surface area contributed by atoms with Crippen LogP contribution >= 0.6 is 0 Å². The largest absolute Gasteiger partial charge is 0.215 e. The average Bonchev–Trinajstić information content (AvgIpc) is 0.730. The van der Waals surface area contributed by atoms with Crippen molar-refractivity contribution in [2.75, 3.05) is 0 Å². The second-order valence-electron chi connectivity index (χ2n) is 17.2. The summed E-state index contributed by atoms with van der Waals surface area (Å²) in [4.78, 5) is 0. The first kappa shape index (κ1) is 20.8. The topological polar surface area (TPSA) is 19.4 Å². The fraction of sp³-hybridized carbons (Fsp3) is 0.257. The summed E-state index contributed by atoms with van der Waals surface area (Å²) in [5.74, 6) is 0. The van der Waals surface area contributed by atoms with Gasteiger partial charge in [-0.3, -0.25) is 0 Å². The van der Waals surface area contributed by atoms with Gasteiger partial charge in [0.25, 0.3) is 0 Å². The fourth-order valence-corrected chi connectivity index (χ4v) is 7.32. The van der Waals surface area contributed by atoms with Gasteiger partial charge in [0.05, 0.1) is 30.2 Å². The summed E-state index contributed by atoms with van der Waals surface area (Å²) in [6, 6.07) is -5.64.